The lowest BCUT2D eigenvalue weighted by Crippen LogP contribution is -2.53. The molecular formula is C11H20N2O2. The average molecular weight is 212 g/mol. The van der Waals surface area contributed by atoms with Gasteiger partial charge in [0.2, 0.25) is 5.91 Å². The molecule has 0 saturated carbocycles. The molecule has 4 nitrogen and oxygen atoms in total. The number of piperidine rings is 1. The zero-order valence-electron chi connectivity index (χ0n) is 9.33. The van der Waals surface area contributed by atoms with Gasteiger partial charge in [-0.15, -0.1) is 0 Å². The third kappa shape index (κ3) is 2.49. The minimum atomic E-state index is -0.688. The van der Waals surface area contributed by atoms with E-state index in [0.717, 1.165) is 38.8 Å². The quantitative estimate of drug-likeness (QED) is 0.649. The number of amides is 1. The zero-order chi connectivity index (χ0) is 10.9. The molecule has 0 radical (unpaired) electrons. The van der Waals surface area contributed by atoms with Gasteiger partial charge in [0.1, 0.15) is 0 Å². The summed E-state index contributed by atoms with van der Waals surface area (Å²) in [7, 11) is 0. The van der Waals surface area contributed by atoms with Crippen molar-refractivity contribution in [2.24, 2.45) is 0 Å². The summed E-state index contributed by atoms with van der Waals surface area (Å²) in [6, 6.07) is -0.00102. The van der Waals surface area contributed by atoms with E-state index in [2.05, 4.69) is 5.32 Å². The van der Waals surface area contributed by atoms with E-state index in [1.807, 2.05) is 11.8 Å². The molecule has 2 rings (SSSR count). The van der Waals surface area contributed by atoms with Crippen LogP contribution in [0.3, 0.4) is 0 Å². The number of β-amino-alcohol motifs (C(OH)–C–C–N with tert-alkyl or cyclic N) is 1. The van der Waals surface area contributed by atoms with Crippen molar-refractivity contribution in [3.63, 3.8) is 0 Å². The smallest absolute Gasteiger partial charge is 0.239 e. The highest BCUT2D eigenvalue weighted by Gasteiger charge is 2.34. The maximum absolute atomic E-state index is 12.0. The molecule has 15 heavy (non-hydrogen) atoms. The van der Waals surface area contributed by atoms with Crippen molar-refractivity contribution in [1.82, 2.24) is 10.2 Å². The van der Waals surface area contributed by atoms with Gasteiger partial charge < -0.3 is 15.3 Å². The van der Waals surface area contributed by atoms with E-state index in [1.54, 1.807) is 0 Å². The Kier molecular flexibility index (Phi) is 2.98. The normalized spacial score (nSPS) is 36.9. The van der Waals surface area contributed by atoms with Gasteiger partial charge in [0.15, 0.2) is 0 Å². The van der Waals surface area contributed by atoms with Gasteiger partial charge in [0.05, 0.1) is 11.6 Å². The summed E-state index contributed by atoms with van der Waals surface area (Å²) < 4.78 is 0. The van der Waals surface area contributed by atoms with E-state index in [0.29, 0.717) is 6.54 Å². The number of carbonyl (C=O) groups excluding carboxylic acids is 1. The van der Waals surface area contributed by atoms with Crippen LogP contribution in [0.1, 0.15) is 32.6 Å². The maximum Gasteiger partial charge on any atom is 0.239 e. The first-order chi connectivity index (χ1) is 7.08. The molecule has 1 amide bonds. The number of carbonyl (C=O) groups is 1. The first-order valence-electron chi connectivity index (χ1n) is 5.83. The van der Waals surface area contributed by atoms with Crippen molar-refractivity contribution >= 4 is 5.91 Å². The molecule has 2 aliphatic rings. The summed E-state index contributed by atoms with van der Waals surface area (Å²) in [4.78, 5) is 13.9. The summed E-state index contributed by atoms with van der Waals surface area (Å²) in [6.45, 7) is 4.05. The average Bonchev–Trinajstić information content (AvgIpc) is 2.67. The number of aliphatic hydroxyl groups is 1. The summed E-state index contributed by atoms with van der Waals surface area (Å²) >= 11 is 0. The van der Waals surface area contributed by atoms with Gasteiger partial charge in [-0.1, -0.05) is 0 Å². The third-order valence-corrected chi connectivity index (χ3v) is 3.34. The van der Waals surface area contributed by atoms with Crippen molar-refractivity contribution in [3.8, 4) is 0 Å². The van der Waals surface area contributed by atoms with Gasteiger partial charge >= 0.3 is 0 Å². The van der Waals surface area contributed by atoms with Crippen molar-refractivity contribution < 1.29 is 9.90 Å². The molecule has 2 N–H and O–H groups in total. The Balaban J connectivity index is 1.94. The number of hydrogen-bond donors (Lipinski definition) is 2. The van der Waals surface area contributed by atoms with Crippen LogP contribution in [0, 0.1) is 0 Å². The predicted octanol–water partition coefficient (Wildman–Crippen LogP) is 0.112. The number of nitrogens with zero attached hydrogens (tertiary/aromatic N) is 1. The van der Waals surface area contributed by atoms with Crippen LogP contribution in [0.25, 0.3) is 0 Å². The molecule has 2 aliphatic heterocycles. The number of rotatable bonds is 1. The highest BCUT2D eigenvalue weighted by Crippen LogP contribution is 2.21. The van der Waals surface area contributed by atoms with E-state index < -0.39 is 5.60 Å². The highest BCUT2D eigenvalue weighted by atomic mass is 16.3. The van der Waals surface area contributed by atoms with E-state index in [1.165, 1.54) is 0 Å². The van der Waals surface area contributed by atoms with Crippen molar-refractivity contribution in [2.75, 3.05) is 19.6 Å². The van der Waals surface area contributed by atoms with Crippen molar-refractivity contribution in [3.05, 3.63) is 0 Å². The van der Waals surface area contributed by atoms with Gasteiger partial charge in [0.25, 0.3) is 0 Å². The number of likely N-dealkylation sites (tertiary alicyclic amines) is 1. The molecule has 0 bridgehead atoms. The minimum absolute atomic E-state index is 0.00102. The Morgan fingerprint density at radius 3 is 2.93 bits per heavy atom. The van der Waals surface area contributed by atoms with E-state index >= 15 is 0 Å². The van der Waals surface area contributed by atoms with E-state index in [9.17, 15) is 9.90 Å². The maximum atomic E-state index is 12.0. The molecule has 4 heteroatoms. The fraction of sp³-hybridized carbons (Fsp3) is 0.909. The Bertz CT molecular complexity index is 247. The van der Waals surface area contributed by atoms with Crippen LogP contribution >= 0.6 is 0 Å². The molecule has 0 aromatic carbocycles. The standard InChI is InChI=1S/C11H20N2O2/c1-11(15)5-3-7-13(8-11)10(14)9-4-2-6-12-9/h9,12,15H,2-8H2,1H3. The van der Waals surface area contributed by atoms with Crippen LogP contribution in [0.15, 0.2) is 0 Å². The molecule has 86 valence electrons. The van der Waals surface area contributed by atoms with Gasteiger partial charge in [0, 0.05) is 13.1 Å². The Morgan fingerprint density at radius 1 is 1.53 bits per heavy atom. The lowest BCUT2D eigenvalue weighted by molar-refractivity contribution is -0.139. The zero-order valence-corrected chi connectivity index (χ0v) is 9.33. The fourth-order valence-corrected chi connectivity index (χ4v) is 2.52. The Labute approximate surface area is 90.6 Å². The van der Waals surface area contributed by atoms with E-state index in [-0.39, 0.29) is 11.9 Å². The van der Waals surface area contributed by atoms with Gasteiger partial charge in [-0.25, -0.2) is 0 Å². The lowest BCUT2D eigenvalue weighted by Gasteiger charge is -2.38. The molecule has 0 aromatic heterocycles. The molecule has 2 heterocycles. The first kappa shape index (κ1) is 10.9. The summed E-state index contributed by atoms with van der Waals surface area (Å²) in [6.07, 6.45) is 3.73. The second-order valence-corrected chi connectivity index (χ2v) is 5.01. The molecule has 0 aliphatic carbocycles. The SMILES string of the molecule is CC1(O)CCCN(C(=O)C2CCCN2)C1. The fourth-order valence-electron chi connectivity index (χ4n) is 2.52. The van der Waals surface area contributed by atoms with Crippen molar-refractivity contribution in [1.29, 1.82) is 0 Å². The first-order valence-corrected chi connectivity index (χ1v) is 5.83. The van der Waals surface area contributed by atoms with Crippen LogP contribution < -0.4 is 5.32 Å². The topological polar surface area (TPSA) is 52.6 Å². The monoisotopic (exact) mass is 212 g/mol. The number of nitrogens with one attached hydrogen (secondary N) is 1. The summed E-state index contributed by atoms with van der Waals surface area (Å²) in [5, 5.41) is 13.1. The molecular weight excluding hydrogens is 192 g/mol. The number of hydrogen-bond acceptors (Lipinski definition) is 3. The van der Waals surface area contributed by atoms with Crippen LogP contribution in [-0.4, -0.2) is 47.2 Å². The van der Waals surface area contributed by atoms with Gasteiger partial charge in [-0.05, 0) is 39.2 Å². The molecule has 2 atom stereocenters. The van der Waals surface area contributed by atoms with Crippen LogP contribution in [0.2, 0.25) is 0 Å². The van der Waals surface area contributed by atoms with E-state index in [4.69, 9.17) is 0 Å². The lowest BCUT2D eigenvalue weighted by atomic mass is 9.94. The second-order valence-electron chi connectivity index (χ2n) is 5.01. The van der Waals surface area contributed by atoms with Gasteiger partial charge in [-0.2, -0.15) is 0 Å². The molecule has 2 saturated heterocycles. The molecule has 0 spiro atoms. The molecule has 0 aromatic rings. The predicted molar refractivity (Wildman–Crippen MR) is 57.5 cm³/mol. The third-order valence-electron chi connectivity index (χ3n) is 3.34. The molecule has 2 fully saturated rings. The largest absolute Gasteiger partial charge is 0.388 e. The van der Waals surface area contributed by atoms with Crippen molar-refractivity contribution in [2.45, 2.75) is 44.2 Å². The Morgan fingerprint density at radius 2 is 2.33 bits per heavy atom. The summed E-state index contributed by atoms with van der Waals surface area (Å²) in [5.74, 6) is 0.174. The Hall–Kier alpha value is -0.610. The highest BCUT2D eigenvalue weighted by molar-refractivity contribution is 5.82. The summed E-state index contributed by atoms with van der Waals surface area (Å²) in [5.41, 5.74) is -0.688. The molecule has 2 unspecified atom stereocenters. The van der Waals surface area contributed by atoms with Crippen LogP contribution in [0.4, 0.5) is 0 Å². The van der Waals surface area contributed by atoms with Crippen LogP contribution in [-0.2, 0) is 4.79 Å². The minimum Gasteiger partial charge on any atom is -0.388 e. The second kappa shape index (κ2) is 4.10. The van der Waals surface area contributed by atoms with Crippen LogP contribution in [0.5, 0.6) is 0 Å². The van der Waals surface area contributed by atoms with Gasteiger partial charge in [-0.3, -0.25) is 4.79 Å².